The molecule has 3 fully saturated rings. The number of nitrogens with two attached hydrogens (primary N) is 1. The Morgan fingerprint density at radius 3 is 2.33 bits per heavy atom. The summed E-state index contributed by atoms with van der Waals surface area (Å²) in [6.45, 7) is 4.36. The van der Waals surface area contributed by atoms with E-state index in [9.17, 15) is 0 Å². The van der Waals surface area contributed by atoms with E-state index in [0.717, 1.165) is 11.8 Å². The van der Waals surface area contributed by atoms with Gasteiger partial charge in [0.1, 0.15) is 6.21 Å². The van der Waals surface area contributed by atoms with E-state index >= 15 is 0 Å². The summed E-state index contributed by atoms with van der Waals surface area (Å²) in [6.07, 6.45) is 8.50. The van der Waals surface area contributed by atoms with E-state index < -0.39 is 0 Å². The second-order valence-electron chi connectivity index (χ2n) is 4.84. The normalized spacial score (nSPS) is 36.7. The Kier molecular flexibility index (Phi) is 1.64. The first-order valence-electron chi connectivity index (χ1n) is 4.91. The van der Waals surface area contributed by atoms with Crippen LogP contribution in [0.25, 0.3) is 0 Å². The summed E-state index contributed by atoms with van der Waals surface area (Å²) >= 11 is 0. The molecule has 2 N–H and O–H groups in total. The quantitative estimate of drug-likeness (QED) is 0.469. The molecular formula is C11H18N+. The highest BCUT2D eigenvalue weighted by Crippen LogP contribution is 2.53. The summed E-state index contributed by atoms with van der Waals surface area (Å²) in [4.78, 5) is 0. The number of rotatable bonds is 2. The van der Waals surface area contributed by atoms with Crippen LogP contribution in [0.1, 0.15) is 33.1 Å². The van der Waals surface area contributed by atoms with E-state index in [-0.39, 0.29) is 5.41 Å². The van der Waals surface area contributed by atoms with Crippen LogP contribution in [0.4, 0.5) is 0 Å². The molecule has 2 atom stereocenters. The second kappa shape index (κ2) is 2.45. The highest BCUT2D eigenvalue weighted by atomic mass is 14.5. The summed E-state index contributed by atoms with van der Waals surface area (Å²) in [6, 6.07) is 0. The first kappa shape index (κ1) is 8.03. The van der Waals surface area contributed by atoms with Gasteiger partial charge >= 0.3 is 0 Å². The minimum atomic E-state index is 0.108. The SMILES string of the molecule is CC(C)(C=[NH2+])C=C1C2CC[C@H]1C2. The highest BCUT2D eigenvalue weighted by molar-refractivity contribution is 5.62. The maximum absolute atomic E-state index is 5.58. The van der Waals surface area contributed by atoms with E-state index in [4.69, 9.17) is 5.41 Å². The molecule has 0 amide bonds. The third-order valence-corrected chi connectivity index (χ3v) is 3.34. The predicted octanol–water partition coefficient (Wildman–Crippen LogP) is 1.20. The molecule has 0 radical (unpaired) electrons. The van der Waals surface area contributed by atoms with Crippen molar-refractivity contribution in [2.45, 2.75) is 33.1 Å². The molecule has 3 aliphatic carbocycles. The van der Waals surface area contributed by atoms with Crippen molar-refractivity contribution in [2.75, 3.05) is 0 Å². The zero-order valence-electron chi connectivity index (χ0n) is 8.01. The van der Waals surface area contributed by atoms with Crippen LogP contribution in [-0.4, -0.2) is 6.21 Å². The molecule has 0 aromatic carbocycles. The van der Waals surface area contributed by atoms with Crippen LogP contribution in [0.2, 0.25) is 0 Å². The van der Waals surface area contributed by atoms with E-state index in [0.29, 0.717) is 0 Å². The fourth-order valence-electron chi connectivity index (χ4n) is 2.47. The van der Waals surface area contributed by atoms with E-state index in [1.165, 1.54) is 19.3 Å². The van der Waals surface area contributed by atoms with E-state index in [2.05, 4.69) is 19.9 Å². The maximum Gasteiger partial charge on any atom is 0.145 e. The molecule has 0 heterocycles. The molecule has 0 spiro atoms. The first-order valence-corrected chi connectivity index (χ1v) is 4.91. The van der Waals surface area contributed by atoms with Crippen molar-refractivity contribution >= 4 is 6.21 Å². The topological polar surface area (TPSA) is 25.6 Å². The minimum absolute atomic E-state index is 0.108. The minimum Gasteiger partial charge on any atom is -0.263 e. The van der Waals surface area contributed by atoms with Gasteiger partial charge in [-0.05, 0) is 44.9 Å². The molecule has 1 nitrogen and oxygen atoms in total. The fourth-order valence-corrected chi connectivity index (χ4v) is 2.47. The summed E-state index contributed by atoms with van der Waals surface area (Å²) in [5.74, 6) is 1.85. The van der Waals surface area contributed by atoms with Crippen LogP contribution in [0.3, 0.4) is 0 Å². The van der Waals surface area contributed by atoms with Gasteiger partial charge in [0.25, 0.3) is 0 Å². The summed E-state index contributed by atoms with van der Waals surface area (Å²) in [5, 5.41) is 5.58. The van der Waals surface area contributed by atoms with E-state index in [1.54, 1.807) is 11.8 Å². The van der Waals surface area contributed by atoms with Crippen molar-refractivity contribution in [3.63, 3.8) is 0 Å². The lowest BCUT2D eigenvalue weighted by Gasteiger charge is -2.30. The van der Waals surface area contributed by atoms with Crippen molar-refractivity contribution in [2.24, 2.45) is 17.3 Å². The molecule has 0 aliphatic heterocycles. The van der Waals surface area contributed by atoms with Gasteiger partial charge in [-0.25, -0.2) is 0 Å². The zero-order valence-corrected chi connectivity index (χ0v) is 8.01. The van der Waals surface area contributed by atoms with Crippen molar-refractivity contribution < 1.29 is 5.41 Å². The zero-order chi connectivity index (χ0) is 8.77. The third-order valence-electron chi connectivity index (χ3n) is 3.34. The summed E-state index contributed by atoms with van der Waals surface area (Å²) in [7, 11) is 0. The predicted molar refractivity (Wildman–Crippen MR) is 50.7 cm³/mol. The standard InChI is InChI=1S/C11H17N/c1-11(2,7-12)6-10-8-3-4-9(10)5-8/h6-9,12H,3-5H2,1-2H3/p+1/t8-,9?/m0/s1. The molecule has 1 heteroatoms. The molecule has 3 aliphatic rings. The smallest absolute Gasteiger partial charge is 0.145 e. The van der Waals surface area contributed by atoms with Crippen LogP contribution in [0, 0.1) is 17.3 Å². The van der Waals surface area contributed by atoms with Crippen molar-refractivity contribution in [1.82, 2.24) is 0 Å². The molecule has 1 unspecified atom stereocenters. The monoisotopic (exact) mass is 164 g/mol. The lowest BCUT2D eigenvalue weighted by molar-refractivity contribution is -0.112. The van der Waals surface area contributed by atoms with Gasteiger partial charge in [0.2, 0.25) is 0 Å². The summed E-state index contributed by atoms with van der Waals surface area (Å²) < 4.78 is 0. The van der Waals surface area contributed by atoms with Gasteiger partial charge in [-0.2, -0.15) is 0 Å². The molecule has 0 aromatic heterocycles. The van der Waals surface area contributed by atoms with E-state index in [1.807, 2.05) is 0 Å². The average Bonchev–Trinajstić information content (AvgIpc) is 2.60. The number of hydrogen-bond acceptors (Lipinski definition) is 0. The van der Waals surface area contributed by atoms with Gasteiger partial charge in [0.15, 0.2) is 0 Å². The van der Waals surface area contributed by atoms with Crippen LogP contribution >= 0.6 is 0 Å². The number of hydrogen-bond donors (Lipinski definition) is 1. The van der Waals surface area contributed by atoms with Gasteiger partial charge in [0.05, 0.1) is 5.41 Å². The van der Waals surface area contributed by atoms with Crippen LogP contribution in [0.5, 0.6) is 0 Å². The fraction of sp³-hybridized carbons (Fsp3) is 0.727. The highest BCUT2D eigenvalue weighted by Gasteiger charge is 2.42. The van der Waals surface area contributed by atoms with Gasteiger partial charge < -0.3 is 0 Å². The molecule has 12 heavy (non-hydrogen) atoms. The Morgan fingerprint density at radius 1 is 1.33 bits per heavy atom. The van der Waals surface area contributed by atoms with Gasteiger partial charge in [0, 0.05) is 0 Å². The lowest BCUT2D eigenvalue weighted by atomic mass is 9.74. The average molecular weight is 164 g/mol. The van der Waals surface area contributed by atoms with Crippen LogP contribution in [0.15, 0.2) is 11.6 Å². The first-order chi connectivity index (χ1) is 5.62. The van der Waals surface area contributed by atoms with Gasteiger partial charge in [-0.1, -0.05) is 11.6 Å². The Balaban J connectivity index is 2.15. The number of fused-ring (bicyclic) bond motifs is 1. The Hall–Kier alpha value is -0.590. The third kappa shape index (κ3) is 1.12. The molecule has 0 saturated heterocycles. The molecule has 66 valence electrons. The van der Waals surface area contributed by atoms with Crippen molar-refractivity contribution in [3.8, 4) is 0 Å². The van der Waals surface area contributed by atoms with Gasteiger partial charge in [-0.3, -0.25) is 5.41 Å². The Labute approximate surface area is 74.4 Å². The van der Waals surface area contributed by atoms with Crippen molar-refractivity contribution in [1.29, 1.82) is 0 Å². The lowest BCUT2D eigenvalue weighted by Crippen LogP contribution is -2.37. The maximum atomic E-state index is 5.58. The van der Waals surface area contributed by atoms with Crippen LogP contribution in [-0.2, 0) is 0 Å². The molecule has 3 saturated carbocycles. The van der Waals surface area contributed by atoms with Gasteiger partial charge in [-0.15, -0.1) is 0 Å². The van der Waals surface area contributed by atoms with Crippen LogP contribution < -0.4 is 5.41 Å². The number of allylic oxidation sites excluding steroid dienone is 2. The molecule has 0 aromatic rings. The van der Waals surface area contributed by atoms with Crippen molar-refractivity contribution in [3.05, 3.63) is 11.6 Å². The summed E-state index contributed by atoms with van der Waals surface area (Å²) in [5.41, 5.74) is 1.80. The second-order valence-corrected chi connectivity index (χ2v) is 4.84. The molecular weight excluding hydrogens is 146 g/mol. The Bertz CT molecular complexity index is 221. The Morgan fingerprint density at radius 2 is 1.92 bits per heavy atom. The molecule has 3 rings (SSSR count). The molecule has 2 bridgehead atoms. The largest absolute Gasteiger partial charge is 0.263 e.